The van der Waals surface area contributed by atoms with Crippen molar-refractivity contribution in [3.05, 3.63) is 47.5 Å². The van der Waals surface area contributed by atoms with Crippen molar-refractivity contribution in [2.24, 2.45) is 0 Å². The molecule has 2 heterocycles. The fourth-order valence-corrected chi connectivity index (χ4v) is 2.43. The average Bonchev–Trinajstić information content (AvgIpc) is 2.84. The molecule has 1 saturated heterocycles. The maximum absolute atomic E-state index is 13.2. The second-order valence-corrected chi connectivity index (χ2v) is 5.05. The van der Waals surface area contributed by atoms with E-state index in [1.807, 2.05) is 0 Å². The molecule has 1 aromatic carbocycles. The Balaban J connectivity index is 1.75. The SMILES string of the molecule is O=C1C(Nc2ncccn2)CCN1c1ccc(F)c(Cl)c1. The van der Waals surface area contributed by atoms with Crippen LogP contribution in [0.1, 0.15) is 6.42 Å². The molecule has 0 saturated carbocycles. The average molecular weight is 307 g/mol. The Labute approximate surface area is 125 Å². The van der Waals surface area contributed by atoms with Gasteiger partial charge in [-0.15, -0.1) is 0 Å². The van der Waals surface area contributed by atoms with Crippen LogP contribution in [-0.4, -0.2) is 28.5 Å². The summed E-state index contributed by atoms with van der Waals surface area (Å²) in [4.78, 5) is 22.0. The standard InChI is InChI=1S/C14H12ClFN4O/c15-10-8-9(2-3-11(10)16)20-7-4-12(13(20)21)19-14-17-5-1-6-18-14/h1-3,5-6,8,12H,4,7H2,(H,17,18,19). The number of carbonyl (C=O) groups is 1. The van der Waals surface area contributed by atoms with Gasteiger partial charge >= 0.3 is 0 Å². The molecule has 0 aliphatic carbocycles. The summed E-state index contributed by atoms with van der Waals surface area (Å²) in [7, 11) is 0. The molecular weight excluding hydrogens is 295 g/mol. The van der Waals surface area contributed by atoms with Crippen LogP contribution in [0.15, 0.2) is 36.7 Å². The Morgan fingerprint density at radius 1 is 1.33 bits per heavy atom. The predicted molar refractivity (Wildman–Crippen MR) is 77.8 cm³/mol. The summed E-state index contributed by atoms with van der Waals surface area (Å²) in [5.41, 5.74) is 0.588. The molecule has 3 rings (SSSR count). The number of carbonyl (C=O) groups excluding carboxylic acids is 1. The van der Waals surface area contributed by atoms with E-state index >= 15 is 0 Å². The van der Waals surface area contributed by atoms with Crippen molar-refractivity contribution in [3.8, 4) is 0 Å². The van der Waals surface area contributed by atoms with Crippen molar-refractivity contribution in [1.29, 1.82) is 0 Å². The molecule has 1 aliphatic heterocycles. The lowest BCUT2D eigenvalue weighted by atomic mass is 10.2. The van der Waals surface area contributed by atoms with E-state index < -0.39 is 11.9 Å². The van der Waals surface area contributed by atoms with Crippen molar-refractivity contribution in [2.45, 2.75) is 12.5 Å². The zero-order chi connectivity index (χ0) is 14.8. The van der Waals surface area contributed by atoms with Crippen LogP contribution < -0.4 is 10.2 Å². The molecule has 1 unspecified atom stereocenters. The normalized spacial score (nSPS) is 18.1. The van der Waals surface area contributed by atoms with Gasteiger partial charge in [-0.05, 0) is 30.7 Å². The monoisotopic (exact) mass is 306 g/mol. The third-order valence-electron chi connectivity index (χ3n) is 3.29. The van der Waals surface area contributed by atoms with Gasteiger partial charge in [-0.1, -0.05) is 11.6 Å². The van der Waals surface area contributed by atoms with Gasteiger partial charge < -0.3 is 10.2 Å². The van der Waals surface area contributed by atoms with Gasteiger partial charge in [0.1, 0.15) is 11.9 Å². The number of amides is 1. The molecule has 0 bridgehead atoms. The fourth-order valence-electron chi connectivity index (χ4n) is 2.25. The van der Waals surface area contributed by atoms with E-state index in [-0.39, 0.29) is 10.9 Å². The van der Waals surface area contributed by atoms with E-state index in [0.717, 1.165) is 0 Å². The minimum absolute atomic E-state index is 0.00287. The summed E-state index contributed by atoms with van der Waals surface area (Å²) in [5.74, 6) is -0.195. The van der Waals surface area contributed by atoms with Crippen molar-refractivity contribution < 1.29 is 9.18 Å². The van der Waals surface area contributed by atoms with Gasteiger partial charge in [0.05, 0.1) is 5.02 Å². The van der Waals surface area contributed by atoms with Gasteiger partial charge in [0.15, 0.2) is 0 Å². The number of benzene rings is 1. The molecule has 0 radical (unpaired) electrons. The van der Waals surface area contributed by atoms with E-state index in [1.165, 1.54) is 12.1 Å². The first-order valence-electron chi connectivity index (χ1n) is 6.45. The van der Waals surface area contributed by atoms with Crippen molar-refractivity contribution in [2.75, 3.05) is 16.8 Å². The Kier molecular flexibility index (Phi) is 3.70. The summed E-state index contributed by atoms with van der Waals surface area (Å²) in [6, 6.07) is 5.56. The van der Waals surface area contributed by atoms with Crippen LogP contribution in [-0.2, 0) is 4.79 Å². The highest BCUT2D eigenvalue weighted by Crippen LogP contribution is 2.27. The van der Waals surface area contributed by atoms with Crippen molar-refractivity contribution in [1.82, 2.24) is 9.97 Å². The topological polar surface area (TPSA) is 58.1 Å². The molecule has 5 nitrogen and oxygen atoms in total. The molecule has 1 amide bonds. The Morgan fingerprint density at radius 3 is 2.81 bits per heavy atom. The molecule has 21 heavy (non-hydrogen) atoms. The molecule has 1 aliphatic rings. The van der Waals surface area contributed by atoms with Gasteiger partial charge in [-0.3, -0.25) is 4.79 Å². The van der Waals surface area contributed by atoms with Crippen LogP contribution in [0.25, 0.3) is 0 Å². The number of hydrogen-bond donors (Lipinski definition) is 1. The fraction of sp³-hybridized carbons (Fsp3) is 0.214. The maximum atomic E-state index is 13.2. The third-order valence-corrected chi connectivity index (χ3v) is 3.58. The number of anilines is 2. The van der Waals surface area contributed by atoms with Gasteiger partial charge in [-0.25, -0.2) is 14.4 Å². The van der Waals surface area contributed by atoms with E-state index in [1.54, 1.807) is 29.4 Å². The van der Waals surface area contributed by atoms with Crippen molar-refractivity contribution >= 4 is 29.1 Å². The highest BCUT2D eigenvalue weighted by molar-refractivity contribution is 6.31. The summed E-state index contributed by atoms with van der Waals surface area (Å²) in [6.07, 6.45) is 3.82. The number of halogens is 2. The second kappa shape index (κ2) is 5.65. The quantitative estimate of drug-likeness (QED) is 0.946. The first-order valence-corrected chi connectivity index (χ1v) is 6.83. The lowest BCUT2D eigenvalue weighted by Gasteiger charge is -2.17. The molecule has 108 valence electrons. The van der Waals surface area contributed by atoms with Crippen LogP contribution >= 0.6 is 11.6 Å². The Morgan fingerprint density at radius 2 is 2.10 bits per heavy atom. The van der Waals surface area contributed by atoms with Crippen molar-refractivity contribution in [3.63, 3.8) is 0 Å². The molecule has 7 heteroatoms. The zero-order valence-corrected chi connectivity index (χ0v) is 11.7. The molecule has 1 atom stereocenters. The van der Waals surface area contributed by atoms with E-state index in [2.05, 4.69) is 15.3 Å². The smallest absolute Gasteiger partial charge is 0.249 e. The minimum atomic E-state index is -0.501. The Hall–Kier alpha value is -2.21. The molecular formula is C14H12ClFN4O. The number of hydrogen-bond acceptors (Lipinski definition) is 4. The molecule has 1 fully saturated rings. The summed E-state index contributed by atoms with van der Waals surface area (Å²) in [6.45, 7) is 0.533. The van der Waals surface area contributed by atoms with Gasteiger partial charge in [0.25, 0.3) is 0 Å². The molecule has 1 N–H and O–H groups in total. The number of rotatable bonds is 3. The second-order valence-electron chi connectivity index (χ2n) is 4.65. The van der Waals surface area contributed by atoms with Crippen LogP contribution in [0.3, 0.4) is 0 Å². The summed E-state index contributed by atoms with van der Waals surface area (Å²) < 4.78 is 13.2. The predicted octanol–water partition coefficient (Wildman–Crippen LogP) is 2.49. The molecule has 1 aromatic heterocycles. The first-order chi connectivity index (χ1) is 10.1. The number of aromatic nitrogens is 2. The minimum Gasteiger partial charge on any atom is -0.342 e. The molecule has 2 aromatic rings. The van der Waals surface area contributed by atoms with E-state index in [0.29, 0.717) is 24.6 Å². The molecule has 0 spiro atoms. The third kappa shape index (κ3) is 2.80. The first kappa shape index (κ1) is 13.8. The number of nitrogens with one attached hydrogen (secondary N) is 1. The van der Waals surface area contributed by atoms with Gasteiger partial charge in [-0.2, -0.15) is 0 Å². The highest BCUT2D eigenvalue weighted by Gasteiger charge is 2.33. The lowest BCUT2D eigenvalue weighted by molar-refractivity contribution is -0.117. The van der Waals surface area contributed by atoms with Crippen LogP contribution in [0.4, 0.5) is 16.0 Å². The van der Waals surface area contributed by atoms with E-state index in [4.69, 9.17) is 11.6 Å². The van der Waals surface area contributed by atoms with Crippen LogP contribution in [0.2, 0.25) is 5.02 Å². The van der Waals surface area contributed by atoms with Gasteiger partial charge in [0, 0.05) is 24.6 Å². The highest BCUT2D eigenvalue weighted by atomic mass is 35.5. The Bertz CT molecular complexity index is 667. The zero-order valence-electron chi connectivity index (χ0n) is 11.0. The number of nitrogens with zero attached hydrogens (tertiary/aromatic N) is 3. The van der Waals surface area contributed by atoms with Gasteiger partial charge in [0.2, 0.25) is 11.9 Å². The summed E-state index contributed by atoms with van der Waals surface area (Å²) >= 11 is 5.76. The van der Waals surface area contributed by atoms with Crippen LogP contribution in [0.5, 0.6) is 0 Å². The van der Waals surface area contributed by atoms with Crippen LogP contribution in [0, 0.1) is 5.82 Å². The summed E-state index contributed by atoms with van der Waals surface area (Å²) in [5, 5.41) is 3.00. The lowest BCUT2D eigenvalue weighted by Crippen LogP contribution is -2.33. The maximum Gasteiger partial charge on any atom is 0.249 e. The van der Waals surface area contributed by atoms with E-state index in [9.17, 15) is 9.18 Å². The largest absolute Gasteiger partial charge is 0.342 e.